The van der Waals surface area contributed by atoms with Crippen molar-refractivity contribution in [2.45, 2.75) is 20.4 Å². The normalized spacial score (nSPS) is 10.4. The Hall–Kier alpha value is -2.10. The summed E-state index contributed by atoms with van der Waals surface area (Å²) in [6, 6.07) is 9.52. The van der Waals surface area contributed by atoms with Crippen molar-refractivity contribution in [3.8, 4) is 0 Å². The topological polar surface area (TPSA) is 46.9 Å². The number of carbonyl (C=O) groups excluding carboxylic acids is 1. The lowest BCUT2D eigenvalue weighted by Gasteiger charge is -2.05. The molecule has 4 heteroatoms. The molecule has 0 spiro atoms. The van der Waals surface area contributed by atoms with Crippen molar-refractivity contribution in [1.29, 1.82) is 0 Å². The molecule has 0 saturated heterocycles. The summed E-state index contributed by atoms with van der Waals surface area (Å²) in [6.07, 6.45) is 0. The highest BCUT2D eigenvalue weighted by Crippen LogP contribution is 2.07. The highest BCUT2D eigenvalue weighted by molar-refractivity contribution is 5.95. The van der Waals surface area contributed by atoms with E-state index in [0.717, 1.165) is 17.0 Å². The van der Waals surface area contributed by atoms with E-state index in [9.17, 15) is 4.79 Å². The summed E-state index contributed by atoms with van der Waals surface area (Å²) >= 11 is 0. The van der Waals surface area contributed by atoms with E-state index in [1.54, 1.807) is 4.68 Å². The first kappa shape index (κ1) is 12.4. The number of rotatable bonds is 3. The van der Waals surface area contributed by atoms with Crippen LogP contribution in [0, 0.1) is 13.8 Å². The van der Waals surface area contributed by atoms with Crippen LogP contribution in [0.1, 0.15) is 27.3 Å². The predicted molar refractivity (Wildman–Crippen MR) is 70.3 cm³/mol. The van der Waals surface area contributed by atoms with Gasteiger partial charge in [-0.05, 0) is 31.5 Å². The number of nitrogens with zero attached hydrogens (tertiary/aromatic N) is 2. The average Bonchev–Trinajstić information content (AvgIpc) is 2.66. The summed E-state index contributed by atoms with van der Waals surface area (Å²) in [4.78, 5) is 12.0. The first-order valence-electron chi connectivity index (χ1n) is 5.91. The zero-order chi connectivity index (χ0) is 13.1. The predicted octanol–water partition coefficient (Wildman–Crippen LogP) is 1.97. The Kier molecular flexibility index (Phi) is 3.46. The molecule has 4 nitrogen and oxygen atoms in total. The van der Waals surface area contributed by atoms with Gasteiger partial charge in [-0.2, -0.15) is 5.10 Å². The molecule has 0 atom stereocenters. The van der Waals surface area contributed by atoms with Crippen LogP contribution in [0.2, 0.25) is 0 Å². The second-order valence-corrected chi connectivity index (χ2v) is 4.40. The molecular weight excluding hydrogens is 226 g/mol. The van der Waals surface area contributed by atoms with E-state index in [-0.39, 0.29) is 5.91 Å². The minimum Gasteiger partial charge on any atom is -0.346 e. The number of amides is 1. The molecule has 1 aromatic heterocycles. The Balaban J connectivity index is 2.03. The number of hydrogen-bond acceptors (Lipinski definition) is 2. The molecule has 1 heterocycles. The van der Waals surface area contributed by atoms with Crippen molar-refractivity contribution in [1.82, 2.24) is 15.1 Å². The van der Waals surface area contributed by atoms with Crippen LogP contribution >= 0.6 is 0 Å². The molecule has 94 valence electrons. The maximum atomic E-state index is 12.0. The van der Waals surface area contributed by atoms with Crippen LogP contribution in [0.15, 0.2) is 30.3 Å². The standard InChI is InChI=1S/C14H17N3O/c1-10-6-4-5-7-13(10)14(18)15-9-12-8-11(2)17(3)16-12/h4-8H,9H2,1-3H3,(H,15,18). The van der Waals surface area contributed by atoms with Crippen molar-refractivity contribution in [3.05, 3.63) is 52.8 Å². The fourth-order valence-electron chi connectivity index (χ4n) is 1.82. The minimum atomic E-state index is -0.0589. The van der Waals surface area contributed by atoms with Gasteiger partial charge in [0.2, 0.25) is 0 Å². The molecule has 1 aromatic carbocycles. The summed E-state index contributed by atoms with van der Waals surface area (Å²) in [5, 5.41) is 7.18. The smallest absolute Gasteiger partial charge is 0.251 e. The third kappa shape index (κ3) is 2.59. The average molecular weight is 243 g/mol. The number of hydrogen-bond donors (Lipinski definition) is 1. The van der Waals surface area contributed by atoms with Gasteiger partial charge in [0.1, 0.15) is 0 Å². The lowest BCUT2D eigenvalue weighted by atomic mass is 10.1. The van der Waals surface area contributed by atoms with Gasteiger partial charge in [0.25, 0.3) is 5.91 Å². The van der Waals surface area contributed by atoms with E-state index < -0.39 is 0 Å². The first-order valence-corrected chi connectivity index (χ1v) is 5.91. The van der Waals surface area contributed by atoms with E-state index >= 15 is 0 Å². The summed E-state index contributed by atoms with van der Waals surface area (Å²) in [5.41, 5.74) is 3.64. The van der Waals surface area contributed by atoms with Crippen LogP contribution < -0.4 is 5.32 Å². The van der Waals surface area contributed by atoms with E-state index in [2.05, 4.69) is 10.4 Å². The Labute approximate surface area is 107 Å². The number of aromatic nitrogens is 2. The van der Waals surface area contributed by atoms with Crippen molar-refractivity contribution < 1.29 is 4.79 Å². The molecule has 0 bridgehead atoms. The van der Waals surface area contributed by atoms with Crippen molar-refractivity contribution >= 4 is 5.91 Å². The summed E-state index contributed by atoms with van der Waals surface area (Å²) < 4.78 is 1.80. The van der Waals surface area contributed by atoms with Crippen LogP contribution in [0.3, 0.4) is 0 Å². The summed E-state index contributed by atoms with van der Waals surface area (Å²) in [6.45, 7) is 4.37. The highest BCUT2D eigenvalue weighted by atomic mass is 16.1. The Bertz CT molecular complexity index is 553. The van der Waals surface area contributed by atoms with Gasteiger partial charge < -0.3 is 5.32 Å². The molecule has 2 aromatic rings. The van der Waals surface area contributed by atoms with Crippen LogP contribution in [0.5, 0.6) is 0 Å². The van der Waals surface area contributed by atoms with Gasteiger partial charge in [-0.15, -0.1) is 0 Å². The van der Waals surface area contributed by atoms with Crippen LogP contribution in [-0.4, -0.2) is 15.7 Å². The van der Waals surface area contributed by atoms with Gasteiger partial charge in [-0.3, -0.25) is 9.48 Å². The van der Waals surface area contributed by atoms with E-state index in [1.165, 1.54) is 0 Å². The molecule has 1 N–H and O–H groups in total. The zero-order valence-corrected chi connectivity index (χ0v) is 10.9. The van der Waals surface area contributed by atoms with Gasteiger partial charge in [-0.25, -0.2) is 0 Å². The summed E-state index contributed by atoms with van der Waals surface area (Å²) in [5.74, 6) is -0.0589. The van der Waals surface area contributed by atoms with Crippen LogP contribution in [-0.2, 0) is 13.6 Å². The molecule has 18 heavy (non-hydrogen) atoms. The third-order valence-electron chi connectivity index (χ3n) is 2.98. The van der Waals surface area contributed by atoms with Crippen molar-refractivity contribution in [2.24, 2.45) is 7.05 Å². The SMILES string of the molecule is Cc1ccccc1C(=O)NCc1cc(C)n(C)n1. The second-order valence-electron chi connectivity index (χ2n) is 4.40. The molecular formula is C14H17N3O. The largest absolute Gasteiger partial charge is 0.346 e. The zero-order valence-electron chi connectivity index (χ0n) is 10.9. The number of carbonyl (C=O) groups is 1. The molecule has 1 amide bonds. The van der Waals surface area contributed by atoms with E-state index in [4.69, 9.17) is 0 Å². The minimum absolute atomic E-state index is 0.0589. The van der Waals surface area contributed by atoms with E-state index in [1.807, 2.05) is 51.2 Å². The molecule has 0 fully saturated rings. The number of benzene rings is 1. The van der Waals surface area contributed by atoms with Crippen LogP contribution in [0.25, 0.3) is 0 Å². The fraction of sp³-hybridized carbons (Fsp3) is 0.286. The maximum absolute atomic E-state index is 12.0. The first-order chi connectivity index (χ1) is 8.58. The molecule has 0 aliphatic rings. The lowest BCUT2D eigenvalue weighted by Crippen LogP contribution is -2.23. The number of nitrogens with one attached hydrogen (secondary N) is 1. The fourth-order valence-corrected chi connectivity index (χ4v) is 1.82. The Morgan fingerprint density at radius 1 is 1.33 bits per heavy atom. The number of aryl methyl sites for hydroxylation is 3. The van der Waals surface area contributed by atoms with Crippen LogP contribution in [0.4, 0.5) is 0 Å². The van der Waals surface area contributed by atoms with Gasteiger partial charge in [0.05, 0.1) is 12.2 Å². The second kappa shape index (κ2) is 5.04. The summed E-state index contributed by atoms with van der Waals surface area (Å²) in [7, 11) is 1.89. The molecule has 0 saturated carbocycles. The lowest BCUT2D eigenvalue weighted by molar-refractivity contribution is 0.0949. The van der Waals surface area contributed by atoms with E-state index in [0.29, 0.717) is 12.1 Å². The molecule has 0 unspecified atom stereocenters. The maximum Gasteiger partial charge on any atom is 0.251 e. The quantitative estimate of drug-likeness (QED) is 0.895. The monoisotopic (exact) mass is 243 g/mol. The molecule has 0 aliphatic carbocycles. The van der Waals surface area contributed by atoms with Gasteiger partial charge in [-0.1, -0.05) is 18.2 Å². The van der Waals surface area contributed by atoms with Gasteiger partial charge >= 0.3 is 0 Å². The van der Waals surface area contributed by atoms with Gasteiger partial charge in [0, 0.05) is 18.3 Å². The Morgan fingerprint density at radius 3 is 2.67 bits per heavy atom. The van der Waals surface area contributed by atoms with Crippen molar-refractivity contribution in [3.63, 3.8) is 0 Å². The molecule has 0 radical (unpaired) electrons. The van der Waals surface area contributed by atoms with Crippen molar-refractivity contribution in [2.75, 3.05) is 0 Å². The Morgan fingerprint density at radius 2 is 2.06 bits per heavy atom. The molecule has 0 aliphatic heterocycles. The van der Waals surface area contributed by atoms with Gasteiger partial charge in [0.15, 0.2) is 0 Å². The highest BCUT2D eigenvalue weighted by Gasteiger charge is 2.08. The molecule has 2 rings (SSSR count). The third-order valence-corrected chi connectivity index (χ3v) is 2.98.